The molecule has 3 heteroatoms. The van der Waals surface area contributed by atoms with E-state index in [4.69, 9.17) is 9.47 Å². The minimum atomic E-state index is -0.240. The molecule has 0 saturated heterocycles. The fourth-order valence-corrected chi connectivity index (χ4v) is 1.55. The number of unbranched alkanes of at least 4 members (excludes halogenated alkanes) is 5. The van der Waals surface area contributed by atoms with Gasteiger partial charge in [-0.2, -0.15) is 0 Å². The predicted octanol–water partition coefficient (Wildman–Crippen LogP) is 3.32. The van der Waals surface area contributed by atoms with Crippen LogP contribution in [-0.2, 0) is 14.3 Å². The monoisotopic (exact) mass is 230 g/mol. The molecule has 0 radical (unpaired) electrons. The van der Waals surface area contributed by atoms with Gasteiger partial charge in [0.1, 0.15) is 6.10 Å². The van der Waals surface area contributed by atoms with Gasteiger partial charge in [0.2, 0.25) is 0 Å². The Kier molecular flexibility index (Phi) is 10.5. The smallest absolute Gasteiger partial charge is 0.302 e. The molecule has 0 rings (SSSR count). The minimum Gasteiger partial charge on any atom is -0.460 e. The van der Waals surface area contributed by atoms with Gasteiger partial charge in [0, 0.05) is 13.5 Å². The van der Waals surface area contributed by atoms with Crippen molar-refractivity contribution in [1.29, 1.82) is 0 Å². The number of ether oxygens (including phenoxy) is 2. The molecule has 0 aromatic rings. The van der Waals surface area contributed by atoms with Crippen LogP contribution in [0.25, 0.3) is 0 Å². The Hall–Kier alpha value is -0.570. The molecule has 0 aliphatic heterocycles. The summed E-state index contributed by atoms with van der Waals surface area (Å²) in [6, 6.07) is 0. The first-order valence-electron chi connectivity index (χ1n) is 6.41. The summed E-state index contributed by atoms with van der Waals surface area (Å²) in [6.07, 6.45) is 7.48. The lowest BCUT2D eigenvalue weighted by molar-refractivity contribution is -0.148. The predicted molar refractivity (Wildman–Crippen MR) is 65.4 cm³/mol. The Balaban J connectivity index is 3.11. The van der Waals surface area contributed by atoms with Gasteiger partial charge in [-0.25, -0.2) is 0 Å². The summed E-state index contributed by atoms with van der Waals surface area (Å²) in [6.45, 7) is 6.78. The first-order chi connectivity index (χ1) is 7.66. The van der Waals surface area contributed by atoms with Crippen molar-refractivity contribution in [2.45, 2.75) is 65.4 Å². The molecule has 3 nitrogen and oxygen atoms in total. The molecule has 0 heterocycles. The van der Waals surface area contributed by atoms with Crippen molar-refractivity contribution in [3.05, 3.63) is 0 Å². The molecule has 1 unspecified atom stereocenters. The van der Waals surface area contributed by atoms with E-state index in [2.05, 4.69) is 6.92 Å². The van der Waals surface area contributed by atoms with Crippen LogP contribution < -0.4 is 0 Å². The number of esters is 1. The van der Waals surface area contributed by atoms with Gasteiger partial charge in [-0.1, -0.05) is 39.0 Å². The molecule has 0 amide bonds. The first-order valence-corrected chi connectivity index (χ1v) is 6.41. The summed E-state index contributed by atoms with van der Waals surface area (Å²) in [5, 5.41) is 0. The largest absolute Gasteiger partial charge is 0.460 e. The maximum absolute atomic E-state index is 10.6. The zero-order valence-corrected chi connectivity index (χ0v) is 11.0. The van der Waals surface area contributed by atoms with Crippen molar-refractivity contribution in [2.24, 2.45) is 0 Å². The Bertz CT molecular complexity index is 169. The van der Waals surface area contributed by atoms with Crippen LogP contribution in [0.15, 0.2) is 0 Å². The molecule has 0 N–H and O–H groups in total. The van der Waals surface area contributed by atoms with E-state index >= 15 is 0 Å². The molecule has 0 saturated carbocycles. The maximum atomic E-state index is 10.6. The highest BCUT2D eigenvalue weighted by Gasteiger charge is 2.04. The van der Waals surface area contributed by atoms with Gasteiger partial charge >= 0.3 is 5.97 Å². The lowest BCUT2D eigenvalue weighted by Gasteiger charge is -2.11. The van der Waals surface area contributed by atoms with E-state index in [0.29, 0.717) is 6.61 Å². The normalized spacial score (nSPS) is 12.4. The molecule has 0 spiro atoms. The zero-order valence-electron chi connectivity index (χ0n) is 11.0. The minimum absolute atomic E-state index is 0.127. The highest BCUT2D eigenvalue weighted by molar-refractivity contribution is 5.66. The van der Waals surface area contributed by atoms with E-state index in [9.17, 15) is 4.79 Å². The van der Waals surface area contributed by atoms with Gasteiger partial charge in [-0.3, -0.25) is 4.79 Å². The topological polar surface area (TPSA) is 35.5 Å². The third-order valence-corrected chi connectivity index (χ3v) is 2.36. The molecule has 96 valence electrons. The van der Waals surface area contributed by atoms with Gasteiger partial charge in [0.15, 0.2) is 0 Å². The quantitative estimate of drug-likeness (QED) is 0.426. The van der Waals surface area contributed by atoms with E-state index in [1.165, 1.54) is 39.0 Å². The lowest BCUT2D eigenvalue weighted by atomic mass is 10.1. The summed E-state index contributed by atoms with van der Waals surface area (Å²) in [7, 11) is 0. The average molecular weight is 230 g/mol. The molecule has 0 aromatic carbocycles. The number of carbonyl (C=O) groups is 1. The van der Waals surface area contributed by atoms with Gasteiger partial charge in [-0.15, -0.1) is 0 Å². The summed E-state index contributed by atoms with van der Waals surface area (Å²) in [5.41, 5.74) is 0. The molecule has 1 atom stereocenters. The van der Waals surface area contributed by atoms with Crippen molar-refractivity contribution in [3.8, 4) is 0 Å². The number of carbonyl (C=O) groups excluding carboxylic acids is 1. The molecule has 0 aliphatic carbocycles. The van der Waals surface area contributed by atoms with Gasteiger partial charge in [0.25, 0.3) is 0 Å². The summed E-state index contributed by atoms with van der Waals surface area (Å²) < 4.78 is 10.4. The van der Waals surface area contributed by atoms with Crippen LogP contribution in [0.5, 0.6) is 0 Å². The van der Waals surface area contributed by atoms with E-state index in [1.54, 1.807) is 0 Å². The third-order valence-electron chi connectivity index (χ3n) is 2.36. The van der Waals surface area contributed by atoms with Crippen LogP contribution in [0.3, 0.4) is 0 Å². The highest BCUT2D eigenvalue weighted by Crippen LogP contribution is 2.05. The Morgan fingerprint density at radius 2 is 1.75 bits per heavy atom. The van der Waals surface area contributed by atoms with Crippen molar-refractivity contribution in [2.75, 3.05) is 13.2 Å². The fourth-order valence-electron chi connectivity index (χ4n) is 1.55. The zero-order chi connectivity index (χ0) is 12.2. The van der Waals surface area contributed by atoms with Crippen molar-refractivity contribution >= 4 is 5.97 Å². The van der Waals surface area contributed by atoms with E-state index < -0.39 is 0 Å². The average Bonchev–Trinajstić information content (AvgIpc) is 2.21. The second kappa shape index (κ2) is 10.9. The van der Waals surface area contributed by atoms with Crippen LogP contribution in [0, 0.1) is 0 Å². The van der Waals surface area contributed by atoms with Crippen LogP contribution in [0.4, 0.5) is 0 Å². The Morgan fingerprint density at radius 3 is 2.38 bits per heavy atom. The van der Waals surface area contributed by atoms with Crippen LogP contribution in [-0.4, -0.2) is 25.3 Å². The molecular weight excluding hydrogens is 204 g/mol. The SMILES string of the molecule is CCCCCCCCOCC(C)OC(C)=O. The third kappa shape index (κ3) is 11.5. The molecule has 0 fully saturated rings. The van der Waals surface area contributed by atoms with E-state index in [1.807, 2.05) is 6.92 Å². The summed E-state index contributed by atoms with van der Waals surface area (Å²) in [4.78, 5) is 10.6. The molecule has 0 bridgehead atoms. The van der Waals surface area contributed by atoms with E-state index in [-0.39, 0.29) is 12.1 Å². The first kappa shape index (κ1) is 15.4. The number of rotatable bonds is 10. The Morgan fingerprint density at radius 1 is 1.12 bits per heavy atom. The Labute approximate surface area is 99.5 Å². The number of hydrogen-bond acceptors (Lipinski definition) is 3. The van der Waals surface area contributed by atoms with Gasteiger partial charge in [0.05, 0.1) is 6.61 Å². The standard InChI is InChI=1S/C13H26O3/c1-4-5-6-7-8-9-10-15-11-12(2)16-13(3)14/h12H,4-11H2,1-3H3. The van der Waals surface area contributed by atoms with E-state index in [0.717, 1.165) is 13.0 Å². The maximum Gasteiger partial charge on any atom is 0.302 e. The van der Waals surface area contributed by atoms with Crippen LogP contribution in [0.1, 0.15) is 59.3 Å². The fraction of sp³-hybridized carbons (Fsp3) is 0.923. The van der Waals surface area contributed by atoms with Crippen molar-refractivity contribution in [3.63, 3.8) is 0 Å². The number of hydrogen-bond donors (Lipinski definition) is 0. The second-order valence-electron chi connectivity index (χ2n) is 4.26. The molecule has 16 heavy (non-hydrogen) atoms. The van der Waals surface area contributed by atoms with Crippen LogP contribution in [0.2, 0.25) is 0 Å². The molecule has 0 aliphatic rings. The van der Waals surface area contributed by atoms with Crippen molar-refractivity contribution in [1.82, 2.24) is 0 Å². The molecular formula is C13H26O3. The van der Waals surface area contributed by atoms with Crippen molar-refractivity contribution < 1.29 is 14.3 Å². The second-order valence-corrected chi connectivity index (χ2v) is 4.26. The van der Waals surface area contributed by atoms with Crippen LogP contribution >= 0.6 is 0 Å². The molecule has 0 aromatic heterocycles. The highest BCUT2D eigenvalue weighted by atomic mass is 16.6. The van der Waals surface area contributed by atoms with Gasteiger partial charge < -0.3 is 9.47 Å². The lowest BCUT2D eigenvalue weighted by Crippen LogP contribution is -2.18. The summed E-state index contributed by atoms with van der Waals surface area (Å²) in [5.74, 6) is -0.240. The summed E-state index contributed by atoms with van der Waals surface area (Å²) >= 11 is 0. The van der Waals surface area contributed by atoms with Gasteiger partial charge in [-0.05, 0) is 13.3 Å².